The summed E-state index contributed by atoms with van der Waals surface area (Å²) in [6.07, 6.45) is 7.35. The van der Waals surface area contributed by atoms with Gasteiger partial charge < -0.3 is 9.73 Å². The summed E-state index contributed by atoms with van der Waals surface area (Å²) < 4.78 is 5.76. The van der Waals surface area contributed by atoms with Crippen LogP contribution in [0.15, 0.2) is 22.8 Å². The van der Waals surface area contributed by atoms with E-state index >= 15 is 0 Å². The van der Waals surface area contributed by atoms with Crippen molar-refractivity contribution in [1.82, 2.24) is 5.32 Å². The molecule has 0 bridgehead atoms. The summed E-state index contributed by atoms with van der Waals surface area (Å²) in [5, 5.41) is 3.63. The predicted octanol–water partition coefficient (Wildman–Crippen LogP) is 3.72. The summed E-state index contributed by atoms with van der Waals surface area (Å²) in [7, 11) is 0. The van der Waals surface area contributed by atoms with Crippen LogP contribution in [-0.4, -0.2) is 23.6 Å². The Hall–Kier alpha value is -0.410. The zero-order valence-corrected chi connectivity index (χ0v) is 12.3. The van der Waals surface area contributed by atoms with Gasteiger partial charge in [0.05, 0.1) is 6.26 Å². The SMILES string of the molecule is CCC(CC)(CNC(C)Cc1ccco1)SC. The molecule has 0 radical (unpaired) electrons. The Morgan fingerprint density at radius 1 is 1.41 bits per heavy atom. The molecule has 0 aliphatic carbocycles. The van der Waals surface area contributed by atoms with Crippen molar-refractivity contribution in [2.75, 3.05) is 12.8 Å². The Morgan fingerprint density at radius 2 is 2.12 bits per heavy atom. The van der Waals surface area contributed by atoms with Crippen molar-refractivity contribution >= 4 is 11.8 Å². The Balaban J connectivity index is 2.38. The van der Waals surface area contributed by atoms with Crippen LogP contribution in [0, 0.1) is 0 Å². The molecule has 0 amide bonds. The topological polar surface area (TPSA) is 25.2 Å². The van der Waals surface area contributed by atoms with Crippen molar-refractivity contribution in [1.29, 1.82) is 0 Å². The standard InChI is InChI=1S/C14H25NOS/c1-5-14(6-2,17-4)11-15-12(3)10-13-8-7-9-16-13/h7-9,12,15H,5-6,10-11H2,1-4H3. The summed E-state index contributed by atoms with van der Waals surface area (Å²) in [4.78, 5) is 0. The van der Waals surface area contributed by atoms with Crippen LogP contribution in [0.3, 0.4) is 0 Å². The van der Waals surface area contributed by atoms with Gasteiger partial charge in [-0.3, -0.25) is 0 Å². The summed E-state index contributed by atoms with van der Waals surface area (Å²) in [5.74, 6) is 1.06. The Morgan fingerprint density at radius 3 is 2.59 bits per heavy atom. The monoisotopic (exact) mass is 255 g/mol. The van der Waals surface area contributed by atoms with E-state index in [9.17, 15) is 0 Å². The molecule has 1 heterocycles. The van der Waals surface area contributed by atoms with Gasteiger partial charge in [-0.25, -0.2) is 0 Å². The van der Waals surface area contributed by atoms with E-state index in [1.165, 1.54) is 12.8 Å². The van der Waals surface area contributed by atoms with Crippen LogP contribution in [-0.2, 0) is 6.42 Å². The van der Waals surface area contributed by atoms with E-state index < -0.39 is 0 Å². The van der Waals surface area contributed by atoms with Crippen LogP contribution in [0.25, 0.3) is 0 Å². The van der Waals surface area contributed by atoms with E-state index in [0.29, 0.717) is 10.8 Å². The number of hydrogen-bond acceptors (Lipinski definition) is 3. The summed E-state index contributed by atoms with van der Waals surface area (Å²) in [5.41, 5.74) is 0. The van der Waals surface area contributed by atoms with Gasteiger partial charge in [0.2, 0.25) is 0 Å². The highest BCUT2D eigenvalue weighted by Crippen LogP contribution is 2.29. The lowest BCUT2D eigenvalue weighted by Crippen LogP contribution is -2.41. The van der Waals surface area contributed by atoms with Crippen LogP contribution in [0.4, 0.5) is 0 Å². The third-order valence-electron chi connectivity index (χ3n) is 3.58. The van der Waals surface area contributed by atoms with Gasteiger partial charge in [-0.1, -0.05) is 13.8 Å². The van der Waals surface area contributed by atoms with Gasteiger partial charge in [0.25, 0.3) is 0 Å². The molecule has 0 aliphatic heterocycles. The van der Waals surface area contributed by atoms with E-state index in [-0.39, 0.29) is 0 Å². The minimum absolute atomic E-state index is 0.386. The molecule has 3 heteroatoms. The van der Waals surface area contributed by atoms with Crippen molar-refractivity contribution in [3.63, 3.8) is 0 Å². The fourth-order valence-electron chi connectivity index (χ4n) is 2.02. The van der Waals surface area contributed by atoms with Crippen molar-refractivity contribution in [2.45, 2.75) is 50.8 Å². The molecule has 17 heavy (non-hydrogen) atoms. The van der Waals surface area contributed by atoms with E-state index in [1.807, 2.05) is 23.9 Å². The molecule has 1 aromatic heterocycles. The average Bonchev–Trinajstić information content (AvgIpc) is 2.84. The van der Waals surface area contributed by atoms with Gasteiger partial charge in [0, 0.05) is 23.8 Å². The van der Waals surface area contributed by atoms with Gasteiger partial charge in [-0.2, -0.15) is 11.8 Å². The molecule has 98 valence electrons. The second kappa shape index (κ2) is 7.12. The van der Waals surface area contributed by atoms with Gasteiger partial charge >= 0.3 is 0 Å². The summed E-state index contributed by atoms with van der Waals surface area (Å²) in [6.45, 7) is 7.85. The van der Waals surface area contributed by atoms with Crippen molar-refractivity contribution < 1.29 is 4.42 Å². The van der Waals surface area contributed by atoms with Gasteiger partial charge in [-0.05, 0) is 38.2 Å². The molecule has 0 aliphatic rings. The number of nitrogens with one attached hydrogen (secondary N) is 1. The van der Waals surface area contributed by atoms with E-state index in [0.717, 1.165) is 18.7 Å². The molecular formula is C14H25NOS. The number of furan rings is 1. The van der Waals surface area contributed by atoms with Crippen molar-refractivity contribution in [3.8, 4) is 0 Å². The van der Waals surface area contributed by atoms with E-state index in [4.69, 9.17) is 4.42 Å². The third kappa shape index (κ3) is 4.40. The normalized spacial score (nSPS) is 13.9. The molecule has 1 rings (SSSR count). The third-order valence-corrected chi connectivity index (χ3v) is 5.17. The lowest BCUT2D eigenvalue weighted by molar-refractivity contribution is 0.422. The highest BCUT2D eigenvalue weighted by Gasteiger charge is 2.25. The summed E-state index contributed by atoms with van der Waals surface area (Å²) in [6, 6.07) is 4.46. The highest BCUT2D eigenvalue weighted by atomic mass is 32.2. The van der Waals surface area contributed by atoms with Crippen LogP contribution in [0.1, 0.15) is 39.4 Å². The highest BCUT2D eigenvalue weighted by molar-refractivity contribution is 8.00. The predicted molar refractivity (Wildman–Crippen MR) is 76.7 cm³/mol. The van der Waals surface area contributed by atoms with E-state index in [2.05, 4.69) is 32.3 Å². The number of hydrogen-bond donors (Lipinski definition) is 1. The maximum absolute atomic E-state index is 5.37. The molecule has 1 N–H and O–H groups in total. The molecule has 0 spiro atoms. The lowest BCUT2D eigenvalue weighted by Gasteiger charge is -2.31. The van der Waals surface area contributed by atoms with Crippen LogP contribution >= 0.6 is 11.8 Å². The quantitative estimate of drug-likeness (QED) is 0.766. The van der Waals surface area contributed by atoms with Crippen LogP contribution < -0.4 is 5.32 Å². The van der Waals surface area contributed by atoms with Crippen molar-refractivity contribution in [2.24, 2.45) is 0 Å². The zero-order chi connectivity index (χ0) is 12.7. The second-order valence-corrected chi connectivity index (χ2v) is 5.93. The maximum Gasteiger partial charge on any atom is 0.105 e. The smallest absolute Gasteiger partial charge is 0.105 e. The molecule has 1 unspecified atom stereocenters. The molecular weight excluding hydrogens is 230 g/mol. The summed E-state index contributed by atoms with van der Waals surface area (Å²) >= 11 is 1.98. The first-order valence-electron chi connectivity index (χ1n) is 6.46. The maximum atomic E-state index is 5.37. The molecule has 2 nitrogen and oxygen atoms in total. The van der Waals surface area contributed by atoms with Crippen molar-refractivity contribution in [3.05, 3.63) is 24.2 Å². The largest absolute Gasteiger partial charge is 0.469 e. The molecule has 1 atom stereocenters. The molecule has 0 saturated carbocycles. The van der Waals surface area contributed by atoms with E-state index in [1.54, 1.807) is 6.26 Å². The fourth-order valence-corrected chi connectivity index (χ4v) is 2.83. The Labute approximate surface area is 110 Å². The van der Waals surface area contributed by atoms with Gasteiger partial charge in [-0.15, -0.1) is 0 Å². The van der Waals surface area contributed by atoms with Gasteiger partial charge in [0.15, 0.2) is 0 Å². The van der Waals surface area contributed by atoms with Crippen LogP contribution in [0.5, 0.6) is 0 Å². The molecule has 0 fully saturated rings. The first-order chi connectivity index (χ1) is 8.15. The molecule has 0 saturated heterocycles. The minimum atomic E-state index is 0.386. The second-order valence-electron chi connectivity index (χ2n) is 4.66. The Kier molecular flexibility index (Phi) is 6.14. The lowest BCUT2D eigenvalue weighted by atomic mass is 10.0. The number of rotatable bonds is 8. The zero-order valence-electron chi connectivity index (χ0n) is 11.5. The Bertz CT molecular complexity index is 285. The number of thioether (sulfide) groups is 1. The average molecular weight is 255 g/mol. The first kappa shape index (κ1) is 14.7. The minimum Gasteiger partial charge on any atom is -0.469 e. The van der Waals surface area contributed by atoms with Gasteiger partial charge in [0.1, 0.15) is 5.76 Å². The first-order valence-corrected chi connectivity index (χ1v) is 7.69. The fraction of sp³-hybridized carbons (Fsp3) is 0.714. The molecule has 0 aromatic carbocycles. The van der Waals surface area contributed by atoms with Crippen LogP contribution in [0.2, 0.25) is 0 Å². The molecule has 1 aromatic rings.